The Hall–Kier alpha value is -1.40. The summed E-state index contributed by atoms with van der Waals surface area (Å²) in [5, 5.41) is 0. The smallest absolute Gasteiger partial charge is 0.263 e. The van der Waals surface area contributed by atoms with Crippen LogP contribution in [0, 0.1) is 13.8 Å². The second-order valence-electron chi connectivity index (χ2n) is 4.40. The van der Waals surface area contributed by atoms with E-state index in [-0.39, 0.29) is 12.0 Å². The van der Waals surface area contributed by atoms with E-state index < -0.39 is 6.10 Å². The number of hydrogen-bond donors (Lipinski definition) is 2. The molecule has 1 aromatic heterocycles. The average molecular weight is 238 g/mol. The Morgan fingerprint density at radius 1 is 1.65 bits per heavy atom. The molecule has 6 heteroatoms. The molecule has 1 aromatic rings. The predicted octanol–water partition coefficient (Wildman–Crippen LogP) is 0.0374. The fourth-order valence-corrected chi connectivity index (χ4v) is 2.07. The van der Waals surface area contributed by atoms with Gasteiger partial charge in [-0.05, 0) is 26.7 Å². The standard InChI is InChI=1S/C11H18N4O2/c1-7-8(2)15(6-13-7)5-9-3-4-10(17-9)11(16)14-12/h6,9-10H,3-5,12H2,1-2H3,(H,14,16). The van der Waals surface area contributed by atoms with Crippen LogP contribution in [0.1, 0.15) is 24.2 Å². The van der Waals surface area contributed by atoms with E-state index in [0.29, 0.717) is 0 Å². The third-order valence-corrected chi connectivity index (χ3v) is 3.29. The Bertz CT molecular complexity index is 416. The number of aryl methyl sites for hydroxylation is 1. The zero-order valence-corrected chi connectivity index (χ0v) is 10.1. The third kappa shape index (κ3) is 2.48. The molecular formula is C11H18N4O2. The maximum absolute atomic E-state index is 11.3. The molecule has 1 aliphatic rings. The lowest BCUT2D eigenvalue weighted by atomic mass is 10.2. The summed E-state index contributed by atoms with van der Waals surface area (Å²) in [6.45, 7) is 4.74. The number of nitrogens with zero attached hydrogens (tertiary/aromatic N) is 2. The molecule has 0 bridgehead atoms. The highest BCUT2D eigenvalue weighted by atomic mass is 16.5. The van der Waals surface area contributed by atoms with Crippen LogP contribution in [0.15, 0.2) is 6.33 Å². The van der Waals surface area contributed by atoms with Crippen molar-refractivity contribution in [1.29, 1.82) is 0 Å². The van der Waals surface area contributed by atoms with E-state index in [1.165, 1.54) is 0 Å². The zero-order valence-electron chi connectivity index (χ0n) is 10.1. The lowest BCUT2D eigenvalue weighted by Crippen LogP contribution is -2.39. The van der Waals surface area contributed by atoms with E-state index in [9.17, 15) is 4.79 Å². The lowest BCUT2D eigenvalue weighted by Gasteiger charge is -2.14. The van der Waals surface area contributed by atoms with E-state index >= 15 is 0 Å². The monoisotopic (exact) mass is 238 g/mol. The molecule has 2 unspecified atom stereocenters. The van der Waals surface area contributed by atoms with Gasteiger partial charge < -0.3 is 9.30 Å². The van der Waals surface area contributed by atoms with Crippen molar-refractivity contribution < 1.29 is 9.53 Å². The van der Waals surface area contributed by atoms with Crippen LogP contribution in [0.4, 0.5) is 0 Å². The fraction of sp³-hybridized carbons (Fsp3) is 0.636. The Labute approximate surface area is 100 Å². The number of amides is 1. The summed E-state index contributed by atoms with van der Waals surface area (Å²) < 4.78 is 7.70. The number of ether oxygens (including phenoxy) is 1. The van der Waals surface area contributed by atoms with Crippen molar-refractivity contribution in [2.45, 2.75) is 45.4 Å². The molecule has 6 nitrogen and oxygen atoms in total. The van der Waals surface area contributed by atoms with Crippen LogP contribution in [-0.2, 0) is 16.1 Å². The number of rotatable bonds is 3. The molecule has 0 aliphatic carbocycles. The molecule has 1 amide bonds. The second-order valence-corrected chi connectivity index (χ2v) is 4.40. The third-order valence-electron chi connectivity index (χ3n) is 3.29. The van der Waals surface area contributed by atoms with Gasteiger partial charge in [-0.1, -0.05) is 0 Å². The number of hydrazine groups is 1. The molecule has 2 atom stereocenters. The quantitative estimate of drug-likeness (QED) is 0.442. The molecule has 1 fully saturated rings. The molecule has 17 heavy (non-hydrogen) atoms. The van der Waals surface area contributed by atoms with Crippen molar-refractivity contribution in [2.24, 2.45) is 5.84 Å². The first-order valence-corrected chi connectivity index (χ1v) is 5.76. The fourth-order valence-electron chi connectivity index (χ4n) is 2.07. The van der Waals surface area contributed by atoms with Crippen molar-refractivity contribution >= 4 is 5.91 Å². The number of carbonyl (C=O) groups excluding carboxylic acids is 1. The van der Waals surface area contributed by atoms with E-state index in [4.69, 9.17) is 10.6 Å². The van der Waals surface area contributed by atoms with Crippen LogP contribution in [-0.4, -0.2) is 27.7 Å². The van der Waals surface area contributed by atoms with Crippen LogP contribution in [0.25, 0.3) is 0 Å². The van der Waals surface area contributed by atoms with Gasteiger partial charge in [0.05, 0.1) is 24.7 Å². The SMILES string of the molecule is Cc1ncn(CC2CCC(C(=O)NN)O2)c1C. The highest BCUT2D eigenvalue weighted by Crippen LogP contribution is 2.21. The molecule has 0 spiro atoms. The van der Waals surface area contributed by atoms with E-state index in [1.54, 1.807) is 0 Å². The number of nitrogens with one attached hydrogen (secondary N) is 1. The Morgan fingerprint density at radius 2 is 2.41 bits per heavy atom. The Morgan fingerprint density at radius 3 is 3.00 bits per heavy atom. The number of nitrogens with two attached hydrogens (primary N) is 1. The summed E-state index contributed by atoms with van der Waals surface area (Å²) in [7, 11) is 0. The van der Waals surface area contributed by atoms with Crippen LogP contribution >= 0.6 is 0 Å². The van der Waals surface area contributed by atoms with Crippen molar-refractivity contribution in [3.8, 4) is 0 Å². The van der Waals surface area contributed by atoms with Gasteiger partial charge in [0.25, 0.3) is 5.91 Å². The predicted molar refractivity (Wildman–Crippen MR) is 61.9 cm³/mol. The van der Waals surface area contributed by atoms with Gasteiger partial charge in [0, 0.05) is 5.69 Å². The second kappa shape index (κ2) is 4.85. The highest BCUT2D eigenvalue weighted by molar-refractivity contribution is 5.80. The van der Waals surface area contributed by atoms with E-state index in [2.05, 4.69) is 15.0 Å². The van der Waals surface area contributed by atoms with Crippen molar-refractivity contribution in [3.05, 3.63) is 17.7 Å². The maximum Gasteiger partial charge on any atom is 0.263 e. The Kier molecular flexibility index (Phi) is 3.44. The van der Waals surface area contributed by atoms with Crippen LogP contribution in [0.5, 0.6) is 0 Å². The van der Waals surface area contributed by atoms with Crippen LogP contribution < -0.4 is 11.3 Å². The minimum Gasteiger partial charge on any atom is -0.363 e. The number of aromatic nitrogens is 2. The molecule has 1 saturated heterocycles. The molecule has 1 aliphatic heterocycles. The molecule has 2 rings (SSSR count). The average Bonchev–Trinajstić information content (AvgIpc) is 2.91. The van der Waals surface area contributed by atoms with Gasteiger partial charge in [-0.15, -0.1) is 0 Å². The van der Waals surface area contributed by atoms with Crippen molar-refractivity contribution in [3.63, 3.8) is 0 Å². The summed E-state index contributed by atoms with van der Waals surface area (Å²) in [5.74, 6) is 4.84. The molecule has 0 aromatic carbocycles. The topological polar surface area (TPSA) is 82.2 Å². The highest BCUT2D eigenvalue weighted by Gasteiger charge is 2.30. The molecule has 0 saturated carbocycles. The van der Waals surface area contributed by atoms with Crippen LogP contribution in [0.2, 0.25) is 0 Å². The van der Waals surface area contributed by atoms with Crippen molar-refractivity contribution in [2.75, 3.05) is 0 Å². The normalized spacial score (nSPS) is 23.9. The van der Waals surface area contributed by atoms with Crippen LogP contribution in [0.3, 0.4) is 0 Å². The first kappa shape index (κ1) is 12.1. The number of hydrogen-bond acceptors (Lipinski definition) is 4. The number of carbonyl (C=O) groups is 1. The molecule has 94 valence electrons. The summed E-state index contributed by atoms with van der Waals surface area (Å²) >= 11 is 0. The van der Waals surface area contributed by atoms with Gasteiger partial charge in [-0.3, -0.25) is 10.2 Å². The van der Waals surface area contributed by atoms with Gasteiger partial charge in [0.15, 0.2) is 0 Å². The largest absolute Gasteiger partial charge is 0.363 e. The first-order chi connectivity index (χ1) is 8.11. The zero-order chi connectivity index (χ0) is 12.4. The van der Waals surface area contributed by atoms with Gasteiger partial charge in [-0.2, -0.15) is 0 Å². The molecule has 3 N–H and O–H groups in total. The molecular weight excluding hydrogens is 220 g/mol. The van der Waals surface area contributed by atoms with Crippen molar-refractivity contribution in [1.82, 2.24) is 15.0 Å². The molecule has 0 radical (unpaired) electrons. The lowest BCUT2D eigenvalue weighted by molar-refractivity contribution is -0.132. The van der Waals surface area contributed by atoms with Gasteiger partial charge >= 0.3 is 0 Å². The van der Waals surface area contributed by atoms with E-state index in [1.807, 2.05) is 20.2 Å². The summed E-state index contributed by atoms with van der Waals surface area (Å²) in [4.78, 5) is 15.5. The van der Waals surface area contributed by atoms with Gasteiger partial charge in [0.2, 0.25) is 0 Å². The van der Waals surface area contributed by atoms with Gasteiger partial charge in [0.1, 0.15) is 6.10 Å². The van der Waals surface area contributed by atoms with E-state index in [0.717, 1.165) is 30.8 Å². The maximum atomic E-state index is 11.3. The summed E-state index contributed by atoms with van der Waals surface area (Å²) in [6.07, 6.45) is 3.05. The minimum absolute atomic E-state index is 0.0598. The van der Waals surface area contributed by atoms with Gasteiger partial charge in [-0.25, -0.2) is 10.8 Å². The minimum atomic E-state index is -0.407. The summed E-state index contributed by atoms with van der Waals surface area (Å²) in [6, 6.07) is 0. The first-order valence-electron chi connectivity index (χ1n) is 5.76. The number of imidazole rings is 1. The summed E-state index contributed by atoms with van der Waals surface area (Å²) in [5.41, 5.74) is 4.29. The Balaban J connectivity index is 1.94. The molecule has 2 heterocycles.